The van der Waals surface area contributed by atoms with E-state index in [4.69, 9.17) is 0 Å². The molecule has 0 amide bonds. The number of benzene rings is 2. The van der Waals surface area contributed by atoms with Crippen LogP contribution in [0.4, 0.5) is 10.1 Å². The highest BCUT2D eigenvalue weighted by Gasteiger charge is 2.23. The van der Waals surface area contributed by atoms with Gasteiger partial charge in [-0.05, 0) is 24.1 Å². The fraction of sp³-hybridized carbons (Fsp3) is 0.143. The number of hydrogen-bond acceptors (Lipinski definition) is 1. The van der Waals surface area contributed by atoms with Crippen molar-refractivity contribution in [1.82, 2.24) is 0 Å². The SMILES string of the molecule is Fc1ccccc1C1Cc2ccccc2N1. The van der Waals surface area contributed by atoms with Gasteiger partial charge < -0.3 is 5.32 Å². The molecule has 1 heterocycles. The number of nitrogens with one attached hydrogen (secondary N) is 1. The zero-order valence-electron chi connectivity index (χ0n) is 8.78. The summed E-state index contributed by atoms with van der Waals surface area (Å²) in [6.45, 7) is 0. The van der Waals surface area contributed by atoms with E-state index in [1.165, 1.54) is 11.6 Å². The molecule has 16 heavy (non-hydrogen) atoms. The first-order valence-electron chi connectivity index (χ1n) is 5.43. The van der Waals surface area contributed by atoms with Crippen molar-refractivity contribution >= 4 is 5.69 Å². The van der Waals surface area contributed by atoms with Crippen LogP contribution in [-0.2, 0) is 6.42 Å². The molecule has 2 aromatic rings. The van der Waals surface area contributed by atoms with E-state index in [0.717, 1.165) is 17.7 Å². The Labute approximate surface area is 93.9 Å². The molecule has 3 rings (SSSR count). The van der Waals surface area contributed by atoms with Gasteiger partial charge in [-0.1, -0.05) is 36.4 Å². The lowest BCUT2D eigenvalue weighted by Gasteiger charge is -2.12. The Bertz CT molecular complexity index is 497. The number of halogens is 1. The molecule has 1 N–H and O–H groups in total. The fourth-order valence-electron chi connectivity index (χ4n) is 2.24. The second-order valence-corrected chi connectivity index (χ2v) is 4.08. The second kappa shape index (κ2) is 3.63. The third-order valence-corrected chi connectivity index (χ3v) is 3.05. The van der Waals surface area contributed by atoms with E-state index < -0.39 is 0 Å². The summed E-state index contributed by atoms with van der Waals surface area (Å²) < 4.78 is 13.6. The lowest BCUT2D eigenvalue weighted by molar-refractivity contribution is 0.595. The molecule has 0 radical (unpaired) electrons. The van der Waals surface area contributed by atoms with Crippen LogP contribution in [0.15, 0.2) is 48.5 Å². The van der Waals surface area contributed by atoms with Crippen LogP contribution in [0.3, 0.4) is 0 Å². The minimum atomic E-state index is -0.132. The van der Waals surface area contributed by atoms with Crippen molar-refractivity contribution in [3.8, 4) is 0 Å². The Kier molecular flexibility index (Phi) is 2.13. The predicted octanol–water partition coefficient (Wildman–Crippen LogP) is 3.54. The average molecular weight is 213 g/mol. The van der Waals surface area contributed by atoms with Crippen LogP contribution in [0.25, 0.3) is 0 Å². The van der Waals surface area contributed by atoms with Crippen molar-refractivity contribution in [2.24, 2.45) is 0 Å². The highest BCUT2D eigenvalue weighted by molar-refractivity contribution is 5.58. The van der Waals surface area contributed by atoms with Gasteiger partial charge in [0.25, 0.3) is 0 Å². The Morgan fingerprint density at radius 3 is 2.56 bits per heavy atom. The first kappa shape index (κ1) is 9.40. The average Bonchev–Trinajstić information content (AvgIpc) is 2.73. The normalized spacial score (nSPS) is 17.9. The summed E-state index contributed by atoms with van der Waals surface area (Å²) in [5.74, 6) is -0.132. The monoisotopic (exact) mass is 213 g/mol. The van der Waals surface area contributed by atoms with Crippen molar-refractivity contribution in [2.75, 3.05) is 5.32 Å². The zero-order valence-corrected chi connectivity index (χ0v) is 8.78. The molecule has 1 unspecified atom stereocenters. The maximum absolute atomic E-state index is 13.6. The molecule has 1 aliphatic heterocycles. The van der Waals surface area contributed by atoms with Crippen LogP contribution >= 0.6 is 0 Å². The summed E-state index contributed by atoms with van der Waals surface area (Å²) in [4.78, 5) is 0. The summed E-state index contributed by atoms with van der Waals surface area (Å²) in [6.07, 6.45) is 0.858. The summed E-state index contributed by atoms with van der Waals surface area (Å²) in [6, 6.07) is 15.2. The zero-order chi connectivity index (χ0) is 11.0. The molecule has 0 aromatic heterocycles. The summed E-state index contributed by atoms with van der Waals surface area (Å²) in [5, 5.41) is 3.35. The summed E-state index contributed by atoms with van der Waals surface area (Å²) in [5.41, 5.74) is 3.13. The van der Waals surface area contributed by atoms with Crippen LogP contribution in [0.5, 0.6) is 0 Å². The first-order valence-corrected chi connectivity index (χ1v) is 5.43. The summed E-state index contributed by atoms with van der Waals surface area (Å²) in [7, 11) is 0. The van der Waals surface area contributed by atoms with Crippen LogP contribution in [0.1, 0.15) is 17.2 Å². The molecule has 0 bridgehead atoms. The molecule has 2 heteroatoms. The van der Waals surface area contributed by atoms with E-state index in [1.807, 2.05) is 30.3 Å². The molecule has 1 aliphatic rings. The smallest absolute Gasteiger partial charge is 0.128 e. The number of rotatable bonds is 1. The molecule has 80 valence electrons. The maximum Gasteiger partial charge on any atom is 0.128 e. The van der Waals surface area contributed by atoms with E-state index in [0.29, 0.717) is 0 Å². The highest BCUT2D eigenvalue weighted by atomic mass is 19.1. The Balaban J connectivity index is 1.95. The van der Waals surface area contributed by atoms with Crippen molar-refractivity contribution in [3.63, 3.8) is 0 Å². The molecule has 0 saturated carbocycles. The van der Waals surface area contributed by atoms with Crippen LogP contribution < -0.4 is 5.32 Å². The van der Waals surface area contributed by atoms with Gasteiger partial charge in [0, 0.05) is 11.3 Å². The fourth-order valence-corrected chi connectivity index (χ4v) is 2.24. The van der Waals surface area contributed by atoms with Gasteiger partial charge in [-0.15, -0.1) is 0 Å². The summed E-state index contributed by atoms with van der Waals surface area (Å²) >= 11 is 0. The van der Waals surface area contributed by atoms with Crippen LogP contribution in [0.2, 0.25) is 0 Å². The predicted molar refractivity (Wildman–Crippen MR) is 62.9 cm³/mol. The van der Waals surface area contributed by atoms with Crippen molar-refractivity contribution < 1.29 is 4.39 Å². The van der Waals surface area contributed by atoms with Crippen molar-refractivity contribution in [3.05, 3.63) is 65.5 Å². The van der Waals surface area contributed by atoms with Gasteiger partial charge in [0.2, 0.25) is 0 Å². The van der Waals surface area contributed by atoms with Gasteiger partial charge in [0.1, 0.15) is 5.82 Å². The van der Waals surface area contributed by atoms with E-state index in [-0.39, 0.29) is 11.9 Å². The largest absolute Gasteiger partial charge is 0.378 e. The van der Waals surface area contributed by atoms with E-state index in [2.05, 4.69) is 11.4 Å². The van der Waals surface area contributed by atoms with Crippen LogP contribution in [0, 0.1) is 5.82 Å². The van der Waals surface area contributed by atoms with Crippen LogP contribution in [-0.4, -0.2) is 0 Å². The lowest BCUT2D eigenvalue weighted by atomic mass is 10.0. The van der Waals surface area contributed by atoms with Crippen molar-refractivity contribution in [2.45, 2.75) is 12.5 Å². The third kappa shape index (κ3) is 1.47. The molecule has 0 fully saturated rings. The highest BCUT2D eigenvalue weighted by Crippen LogP contribution is 2.34. The van der Waals surface area contributed by atoms with Gasteiger partial charge >= 0.3 is 0 Å². The number of hydrogen-bond donors (Lipinski definition) is 1. The van der Waals surface area contributed by atoms with Gasteiger partial charge in [0.05, 0.1) is 6.04 Å². The minimum Gasteiger partial charge on any atom is -0.378 e. The second-order valence-electron chi connectivity index (χ2n) is 4.08. The van der Waals surface area contributed by atoms with Gasteiger partial charge in [0.15, 0.2) is 0 Å². The third-order valence-electron chi connectivity index (χ3n) is 3.05. The van der Waals surface area contributed by atoms with Crippen molar-refractivity contribution in [1.29, 1.82) is 0 Å². The molecular formula is C14H12FN. The molecular weight excluding hydrogens is 201 g/mol. The molecule has 0 spiro atoms. The minimum absolute atomic E-state index is 0.0681. The Morgan fingerprint density at radius 1 is 1.00 bits per heavy atom. The lowest BCUT2D eigenvalue weighted by Crippen LogP contribution is -2.07. The van der Waals surface area contributed by atoms with E-state index in [9.17, 15) is 4.39 Å². The Hall–Kier alpha value is -1.83. The maximum atomic E-state index is 13.6. The van der Waals surface area contributed by atoms with E-state index in [1.54, 1.807) is 6.07 Å². The van der Waals surface area contributed by atoms with Gasteiger partial charge in [-0.3, -0.25) is 0 Å². The standard InChI is InChI=1S/C14H12FN/c15-12-7-3-2-6-11(12)14-9-10-5-1-4-8-13(10)16-14/h1-8,14,16H,9H2. The topological polar surface area (TPSA) is 12.0 Å². The molecule has 1 atom stereocenters. The number of para-hydroxylation sites is 1. The number of fused-ring (bicyclic) bond motifs is 1. The number of anilines is 1. The van der Waals surface area contributed by atoms with Gasteiger partial charge in [-0.2, -0.15) is 0 Å². The molecule has 2 aromatic carbocycles. The molecule has 0 saturated heterocycles. The first-order chi connectivity index (χ1) is 7.84. The Morgan fingerprint density at radius 2 is 1.75 bits per heavy atom. The molecule has 1 nitrogen and oxygen atoms in total. The quantitative estimate of drug-likeness (QED) is 0.764. The molecule has 0 aliphatic carbocycles. The van der Waals surface area contributed by atoms with E-state index >= 15 is 0 Å². The van der Waals surface area contributed by atoms with Gasteiger partial charge in [-0.25, -0.2) is 4.39 Å².